The van der Waals surface area contributed by atoms with E-state index in [0.29, 0.717) is 19.6 Å². The number of piperazine rings is 1. The van der Waals surface area contributed by atoms with Crippen molar-refractivity contribution in [3.8, 4) is 0 Å². The van der Waals surface area contributed by atoms with E-state index >= 15 is 0 Å². The van der Waals surface area contributed by atoms with E-state index in [1.807, 2.05) is 41.3 Å². The number of carbonyl (C=O) groups excluding carboxylic acids is 1. The van der Waals surface area contributed by atoms with E-state index in [1.165, 1.54) is 5.56 Å². The molecule has 0 aliphatic carbocycles. The predicted molar refractivity (Wildman–Crippen MR) is 101 cm³/mol. The van der Waals surface area contributed by atoms with Crippen LogP contribution in [0, 0.1) is 0 Å². The van der Waals surface area contributed by atoms with Crippen molar-refractivity contribution in [3.05, 3.63) is 60.3 Å². The number of nitrogens with zero attached hydrogens (tertiary/aromatic N) is 3. The van der Waals surface area contributed by atoms with Crippen LogP contribution in [0.2, 0.25) is 0 Å². The van der Waals surface area contributed by atoms with E-state index in [2.05, 4.69) is 41.2 Å². The zero-order valence-corrected chi connectivity index (χ0v) is 15.0. The van der Waals surface area contributed by atoms with Gasteiger partial charge in [-0.1, -0.05) is 50.2 Å². The zero-order chi connectivity index (χ0) is 17.7. The van der Waals surface area contributed by atoms with Crippen LogP contribution in [0.15, 0.2) is 54.7 Å². The maximum absolute atomic E-state index is 12.5. The van der Waals surface area contributed by atoms with Crippen molar-refractivity contribution in [3.63, 3.8) is 0 Å². The van der Waals surface area contributed by atoms with E-state index in [9.17, 15) is 4.79 Å². The fourth-order valence-electron chi connectivity index (χ4n) is 3.08. The molecule has 1 aromatic heterocycles. The van der Waals surface area contributed by atoms with Crippen LogP contribution in [-0.2, 0) is 5.41 Å². The van der Waals surface area contributed by atoms with Crippen LogP contribution >= 0.6 is 0 Å². The Hall–Kier alpha value is -2.56. The van der Waals surface area contributed by atoms with Crippen LogP contribution in [-0.4, -0.2) is 48.6 Å². The number of nitrogens with one attached hydrogen (secondary N) is 1. The van der Waals surface area contributed by atoms with Gasteiger partial charge in [-0.2, -0.15) is 0 Å². The molecule has 0 radical (unpaired) electrons. The van der Waals surface area contributed by atoms with Gasteiger partial charge >= 0.3 is 6.03 Å². The molecule has 2 aromatic rings. The highest BCUT2D eigenvalue weighted by molar-refractivity contribution is 5.74. The van der Waals surface area contributed by atoms with Gasteiger partial charge in [0.25, 0.3) is 0 Å². The smallest absolute Gasteiger partial charge is 0.317 e. The maximum atomic E-state index is 12.5. The highest BCUT2D eigenvalue weighted by atomic mass is 16.2. The average molecular weight is 338 g/mol. The number of hydrogen-bond acceptors (Lipinski definition) is 3. The van der Waals surface area contributed by atoms with Crippen LogP contribution in [0.3, 0.4) is 0 Å². The summed E-state index contributed by atoms with van der Waals surface area (Å²) in [6, 6.07) is 16.2. The van der Waals surface area contributed by atoms with E-state index in [4.69, 9.17) is 0 Å². The number of hydrogen-bond donors (Lipinski definition) is 1. The normalized spacial score (nSPS) is 15.1. The number of rotatable bonds is 4. The Balaban J connectivity index is 1.50. The molecular weight excluding hydrogens is 312 g/mol. The fourth-order valence-corrected chi connectivity index (χ4v) is 3.08. The highest BCUT2D eigenvalue weighted by Crippen LogP contribution is 2.22. The summed E-state index contributed by atoms with van der Waals surface area (Å²) in [5.41, 5.74) is 1.14. The maximum Gasteiger partial charge on any atom is 0.317 e. The molecule has 25 heavy (non-hydrogen) atoms. The average Bonchev–Trinajstić information content (AvgIpc) is 2.68. The first-order valence-corrected chi connectivity index (χ1v) is 8.80. The number of benzene rings is 1. The second-order valence-corrected chi connectivity index (χ2v) is 7.07. The summed E-state index contributed by atoms with van der Waals surface area (Å²) < 4.78 is 0. The van der Waals surface area contributed by atoms with Crippen LogP contribution < -0.4 is 10.2 Å². The van der Waals surface area contributed by atoms with Gasteiger partial charge in [-0.15, -0.1) is 0 Å². The summed E-state index contributed by atoms with van der Waals surface area (Å²) in [5.74, 6) is 0.979. The monoisotopic (exact) mass is 338 g/mol. The number of urea groups is 1. The third-order valence-electron chi connectivity index (χ3n) is 4.78. The molecule has 3 rings (SSSR count). The molecule has 1 saturated heterocycles. The second-order valence-electron chi connectivity index (χ2n) is 7.07. The topological polar surface area (TPSA) is 48.5 Å². The first kappa shape index (κ1) is 17.3. The van der Waals surface area contributed by atoms with E-state index in [0.717, 1.165) is 18.9 Å². The summed E-state index contributed by atoms with van der Waals surface area (Å²) in [4.78, 5) is 21.0. The molecular formula is C20H26N4O. The summed E-state index contributed by atoms with van der Waals surface area (Å²) in [6.07, 6.45) is 1.81. The van der Waals surface area contributed by atoms with Gasteiger partial charge < -0.3 is 15.1 Å². The van der Waals surface area contributed by atoms with Gasteiger partial charge in [-0.25, -0.2) is 9.78 Å². The Bertz CT molecular complexity index is 679. The molecule has 2 amide bonds. The van der Waals surface area contributed by atoms with Crippen molar-refractivity contribution in [2.24, 2.45) is 0 Å². The van der Waals surface area contributed by atoms with E-state index < -0.39 is 0 Å². The Morgan fingerprint density at radius 1 is 1.04 bits per heavy atom. The third-order valence-corrected chi connectivity index (χ3v) is 4.78. The van der Waals surface area contributed by atoms with Crippen LogP contribution in [0.4, 0.5) is 10.6 Å². The molecule has 1 aliphatic heterocycles. The minimum Gasteiger partial charge on any atom is -0.353 e. The lowest BCUT2D eigenvalue weighted by Gasteiger charge is -2.36. The van der Waals surface area contributed by atoms with Gasteiger partial charge in [-0.05, 0) is 17.7 Å². The van der Waals surface area contributed by atoms with Crippen molar-refractivity contribution < 1.29 is 4.79 Å². The Kier molecular flexibility index (Phi) is 5.22. The van der Waals surface area contributed by atoms with Crippen LogP contribution in [0.1, 0.15) is 19.4 Å². The van der Waals surface area contributed by atoms with Crippen molar-refractivity contribution in [2.45, 2.75) is 19.3 Å². The lowest BCUT2D eigenvalue weighted by atomic mass is 9.85. The van der Waals surface area contributed by atoms with E-state index in [1.54, 1.807) is 6.20 Å². The SMILES string of the molecule is CC(C)(CNC(=O)N1CCN(c2ccccn2)CC1)c1ccccc1. The molecule has 0 saturated carbocycles. The van der Waals surface area contributed by atoms with Gasteiger partial charge in [0.1, 0.15) is 5.82 Å². The zero-order valence-electron chi connectivity index (χ0n) is 15.0. The fraction of sp³-hybridized carbons (Fsp3) is 0.400. The molecule has 0 unspecified atom stereocenters. The number of pyridine rings is 1. The Morgan fingerprint density at radius 3 is 2.36 bits per heavy atom. The molecule has 5 heteroatoms. The van der Waals surface area contributed by atoms with Gasteiger partial charge in [0, 0.05) is 44.3 Å². The minimum atomic E-state index is -0.0906. The van der Waals surface area contributed by atoms with Gasteiger partial charge in [-0.3, -0.25) is 0 Å². The highest BCUT2D eigenvalue weighted by Gasteiger charge is 2.25. The summed E-state index contributed by atoms with van der Waals surface area (Å²) >= 11 is 0. The first-order chi connectivity index (χ1) is 12.1. The first-order valence-electron chi connectivity index (χ1n) is 8.80. The molecule has 0 bridgehead atoms. The minimum absolute atomic E-state index is 0.0182. The standard InChI is InChI=1S/C20H26N4O/c1-20(2,17-8-4-3-5-9-17)16-22-19(25)24-14-12-23(13-15-24)18-10-6-7-11-21-18/h3-11H,12-16H2,1-2H3,(H,22,25). The molecule has 0 spiro atoms. The van der Waals surface area contributed by atoms with Gasteiger partial charge in [0.15, 0.2) is 0 Å². The summed E-state index contributed by atoms with van der Waals surface area (Å²) in [7, 11) is 0. The largest absolute Gasteiger partial charge is 0.353 e. The molecule has 132 valence electrons. The quantitative estimate of drug-likeness (QED) is 0.932. The van der Waals surface area contributed by atoms with Crippen molar-refractivity contribution in [1.82, 2.24) is 15.2 Å². The third kappa shape index (κ3) is 4.29. The van der Waals surface area contributed by atoms with Crippen LogP contribution in [0.5, 0.6) is 0 Å². The van der Waals surface area contributed by atoms with Gasteiger partial charge in [0.2, 0.25) is 0 Å². The lowest BCUT2D eigenvalue weighted by Crippen LogP contribution is -2.53. The molecule has 5 nitrogen and oxygen atoms in total. The molecule has 1 aliphatic rings. The molecule has 1 N–H and O–H groups in total. The molecule has 1 fully saturated rings. The Morgan fingerprint density at radius 2 is 1.72 bits per heavy atom. The van der Waals surface area contributed by atoms with Crippen LogP contribution in [0.25, 0.3) is 0 Å². The molecule has 2 heterocycles. The second kappa shape index (κ2) is 7.55. The van der Waals surface area contributed by atoms with Crippen molar-refractivity contribution in [2.75, 3.05) is 37.6 Å². The van der Waals surface area contributed by atoms with Gasteiger partial charge in [0.05, 0.1) is 0 Å². The number of anilines is 1. The summed E-state index contributed by atoms with van der Waals surface area (Å²) in [5, 5.41) is 3.10. The Labute approximate surface area is 149 Å². The van der Waals surface area contributed by atoms with E-state index in [-0.39, 0.29) is 11.4 Å². The number of aromatic nitrogens is 1. The molecule has 1 aromatic carbocycles. The van der Waals surface area contributed by atoms with Crippen molar-refractivity contribution in [1.29, 1.82) is 0 Å². The predicted octanol–water partition coefficient (Wildman–Crippen LogP) is 2.89. The number of amides is 2. The number of carbonyl (C=O) groups is 1. The summed E-state index contributed by atoms with van der Waals surface area (Å²) in [6.45, 7) is 7.99. The van der Waals surface area contributed by atoms with Crippen molar-refractivity contribution >= 4 is 11.8 Å². The lowest BCUT2D eigenvalue weighted by molar-refractivity contribution is 0.192. The molecule has 0 atom stereocenters.